The first kappa shape index (κ1) is 15.3. The highest BCUT2D eigenvalue weighted by molar-refractivity contribution is 6.32. The molecule has 0 bridgehead atoms. The van der Waals surface area contributed by atoms with Crippen LogP contribution in [0.5, 0.6) is 5.75 Å². The summed E-state index contributed by atoms with van der Waals surface area (Å²) in [6.07, 6.45) is 2.24. The highest BCUT2D eigenvalue weighted by atomic mass is 35.5. The summed E-state index contributed by atoms with van der Waals surface area (Å²) in [6, 6.07) is 12.8. The second kappa shape index (κ2) is 7.12. The Morgan fingerprint density at radius 1 is 1.09 bits per heavy atom. The summed E-state index contributed by atoms with van der Waals surface area (Å²) in [5, 5.41) is 3.68. The van der Waals surface area contributed by atoms with Crippen molar-refractivity contribution >= 4 is 11.6 Å². The van der Waals surface area contributed by atoms with Crippen LogP contribution < -0.4 is 10.1 Å². The van der Waals surface area contributed by atoms with E-state index in [-0.39, 0.29) is 5.75 Å². The first-order chi connectivity index (χ1) is 10.8. The predicted molar refractivity (Wildman–Crippen MR) is 87.0 cm³/mol. The van der Waals surface area contributed by atoms with Crippen molar-refractivity contribution in [1.82, 2.24) is 5.32 Å². The molecular weight excluding hydrogens is 301 g/mol. The molecule has 2 nitrogen and oxygen atoms in total. The maximum absolute atomic E-state index is 13.8. The maximum Gasteiger partial charge on any atom is 0.174 e. The summed E-state index contributed by atoms with van der Waals surface area (Å²) in [4.78, 5) is 0. The maximum atomic E-state index is 13.8. The SMILES string of the molecule is Fc1cccc(Cl)c1OCc1ccccc1C1CCNCC1. The van der Waals surface area contributed by atoms with Crippen molar-refractivity contribution in [1.29, 1.82) is 0 Å². The zero-order valence-electron chi connectivity index (χ0n) is 12.3. The first-order valence-corrected chi connectivity index (χ1v) is 7.99. The topological polar surface area (TPSA) is 21.3 Å². The minimum absolute atomic E-state index is 0.129. The van der Waals surface area contributed by atoms with E-state index in [0.29, 0.717) is 17.5 Å². The normalized spacial score (nSPS) is 15.7. The summed E-state index contributed by atoms with van der Waals surface area (Å²) >= 11 is 6.01. The van der Waals surface area contributed by atoms with Gasteiger partial charge in [-0.2, -0.15) is 0 Å². The molecule has 0 aromatic heterocycles. The van der Waals surface area contributed by atoms with Gasteiger partial charge in [-0.1, -0.05) is 41.9 Å². The van der Waals surface area contributed by atoms with E-state index in [2.05, 4.69) is 17.4 Å². The monoisotopic (exact) mass is 319 g/mol. The van der Waals surface area contributed by atoms with Gasteiger partial charge in [-0.05, 0) is 55.1 Å². The molecule has 1 N–H and O–H groups in total. The molecule has 1 aliphatic rings. The van der Waals surface area contributed by atoms with Crippen molar-refractivity contribution in [3.05, 3.63) is 64.4 Å². The highest BCUT2D eigenvalue weighted by Gasteiger charge is 2.18. The third-order valence-corrected chi connectivity index (χ3v) is 4.42. The lowest BCUT2D eigenvalue weighted by Crippen LogP contribution is -2.27. The molecular formula is C18H19ClFNO. The lowest BCUT2D eigenvalue weighted by molar-refractivity contribution is 0.288. The zero-order chi connectivity index (χ0) is 15.4. The molecule has 0 unspecified atom stereocenters. The van der Waals surface area contributed by atoms with E-state index in [1.54, 1.807) is 12.1 Å². The fourth-order valence-corrected chi connectivity index (χ4v) is 3.18. The average Bonchev–Trinajstić information content (AvgIpc) is 2.56. The molecule has 1 aliphatic heterocycles. The largest absolute Gasteiger partial charge is 0.484 e. The Balaban J connectivity index is 1.78. The van der Waals surface area contributed by atoms with Crippen molar-refractivity contribution < 1.29 is 9.13 Å². The number of piperidine rings is 1. The molecule has 4 heteroatoms. The fraction of sp³-hybridized carbons (Fsp3) is 0.333. The van der Waals surface area contributed by atoms with Gasteiger partial charge < -0.3 is 10.1 Å². The van der Waals surface area contributed by atoms with E-state index >= 15 is 0 Å². The van der Waals surface area contributed by atoms with Crippen LogP contribution in [0, 0.1) is 5.82 Å². The van der Waals surface area contributed by atoms with Gasteiger partial charge in [0.1, 0.15) is 6.61 Å². The van der Waals surface area contributed by atoms with Crippen molar-refractivity contribution in [3.63, 3.8) is 0 Å². The number of ether oxygens (including phenoxy) is 1. The molecule has 2 aromatic carbocycles. The molecule has 0 radical (unpaired) electrons. The van der Waals surface area contributed by atoms with Gasteiger partial charge in [0.2, 0.25) is 0 Å². The van der Waals surface area contributed by atoms with Crippen molar-refractivity contribution in [2.45, 2.75) is 25.4 Å². The van der Waals surface area contributed by atoms with Crippen LogP contribution in [0.3, 0.4) is 0 Å². The van der Waals surface area contributed by atoms with Gasteiger partial charge in [0.15, 0.2) is 11.6 Å². The average molecular weight is 320 g/mol. The molecule has 0 aliphatic carbocycles. The van der Waals surface area contributed by atoms with Crippen LogP contribution in [0.1, 0.15) is 29.9 Å². The Morgan fingerprint density at radius 2 is 1.86 bits per heavy atom. The molecule has 0 spiro atoms. The number of nitrogens with one attached hydrogen (secondary N) is 1. The second-order valence-electron chi connectivity index (χ2n) is 5.56. The van der Waals surface area contributed by atoms with E-state index in [0.717, 1.165) is 31.5 Å². The molecule has 1 heterocycles. The van der Waals surface area contributed by atoms with Crippen LogP contribution in [0.2, 0.25) is 5.02 Å². The Bertz CT molecular complexity index is 620. The number of hydrogen-bond acceptors (Lipinski definition) is 2. The van der Waals surface area contributed by atoms with Crippen LogP contribution in [-0.4, -0.2) is 13.1 Å². The third kappa shape index (κ3) is 3.42. The molecule has 2 aromatic rings. The van der Waals surface area contributed by atoms with Gasteiger partial charge in [-0.25, -0.2) is 4.39 Å². The molecule has 0 amide bonds. The predicted octanol–water partition coefficient (Wildman–Crippen LogP) is 4.53. The van der Waals surface area contributed by atoms with Gasteiger partial charge in [0.05, 0.1) is 5.02 Å². The summed E-state index contributed by atoms with van der Waals surface area (Å²) < 4.78 is 19.5. The molecule has 0 saturated carbocycles. The summed E-state index contributed by atoms with van der Waals surface area (Å²) in [7, 11) is 0. The van der Waals surface area contributed by atoms with E-state index in [4.69, 9.17) is 16.3 Å². The third-order valence-electron chi connectivity index (χ3n) is 4.13. The first-order valence-electron chi connectivity index (χ1n) is 7.61. The second-order valence-corrected chi connectivity index (χ2v) is 5.97. The Kier molecular flexibility index (Phi) is 4.96. The number of para-hydroxylation sites is 1. The van der Waals surface area contributed by atoms with Crippen molar-refractivity contribution in [2.24, 2.45) is 0 Å². The number of hydrogen-bond donors (Lipinski definition) is 1. The lowest BCUT2D eigenvalue weighted by atomic mass is 9.87. The molecule has 1 fully saturated rings. The number of halogens is 2. The van der Waals surface area contributed by atoms with Crippen LogP contribution in [0.25, 0.3) is 0 Å². The number of benzene rings is 2. The molecule has 22 heavy (non-hydrogen) atoms. The van der Waals surface area contributed by atoms with Crippen LogP contribution in [0.15, 0.2) is 42.5 Å². The minimum Gasteiger partial charge on any atom is -0.484 e. The van der Waals surface area contributed by atoms with Crippen molar-refractivity contribution in [3.8, 4) is 5.75 Å². The van der Waals surface area contributed by atoms with Gasteiger partial charge in [-0.15, -0.1) is 0 Å². The van der Waals surface area contributed by atoms with Crippen LogP contribution >= 0.6 is 11.6 Å². The molecule has 116 valence electrons. The molecule has 0 atom stereocenters. The summed E-state index contributed by atoms with van der Waals surface area (Å²) in [6.45, 7) is 2.42. The number of rotatable bonds is 4. The Hall–Kier alpha value is -1.58. The Labute approximate surface area is 135 Å². The lowest BCUT2D eigenvalue weighted by Gasteiger charge is -2.25. The highest BCUT2D eigenvalue weighted by Crippen LogP contribution is 2.31. The van der Waals surface area contributed by atoms with E-state index in [1.165, 1.54) is 11.6 Å². The minimum atomic E-state index is -0.424. The van der Waals surface area contributed by atoms with Gasteiger partial charge >= 0.3 is 0 Å². The zero-order valence-corrected chi connectivity index (χ0v) is 13.1. The smallest absolute Gasteiger partial charge is 0.174 e. The quantitative estimate of drug-likeness (QED) is 0.894. The van der Waals surface area contributed by atoms with Crippen LogP contribution in [-0.2, 0) is 6.61 Å². The van der Waals surface area contributed by atoms with Gasteiger partial charge in [0, 0.05) is 0 Å². The Morgan fingerprint density at radius 3 is 2.64 bits per heavy atom. The molecule has 1 saturated heterocycles. The van der Waals surface area contributed by atoms with E-state index in [1.807, 2.05) is 12.1 Å². The standard InChI is InChI=1S/C18H19ClFNO/c19-16-6-3-7-17(20)18(16)22-12-14-4-1-2-5-15(14)13-8-10-21-11-9-13/h1-7,13,21H,8-12H2. The fourth-order valence-electron chi connectivity index (χ4n) is 2.97. The van der Waals surface area contributed by atoms with Gasteiger partial charge in [0.25, 0.3) is 0 Å². The summed E-state index contributed by atoms with van der Waals surface area (Å²) in [5.74, 6) is 0.244. The van der Waals surface area contributed by atoms with Crippen molar-refractivity contribution in [2.75, 3.05) is 13.1 Å². The van der Waals surface area contributed by atoms with E-state index in [9.17, 15) is 4.39 Å². The van der Waals surface area contributed by atoms with Crippen LogP contribution in [0.4, 0.5) is 4.39 Å². The van der Waals surface area contributed by atoms with Gasteiger partial charge in [-0.3, -0.25) is 0 Å². The molecule has 3 rings (SSSR count). The summed E-state index contributed by atoms with van der Waals surface area (Å²) in [5.41, 5.74) is 2.41. The van der Waals surface area contributed by atoms with E-state index < -0.39 is 5.82 Å².